The van der Waals surface area contributed by atoms with Gasteiger partial charge in [-0.3, -0.25) is 0 Å². The zero-order valence-corrected chi connectivity index (χ0v) is 28.5. The Morgan fingerprint density at radius 3 is 1.98 bits per heavy atom. The number of methoxy groups -OCH3 is 2. The molecule has 0 unspecified atom stereocenters. The smallest absolute Gasteiger partial charge is 0.261 e. The Kier molecular flexibility index (Phi) is 12.0. The molecule has 0 aromatic heterocycles. The van der Waals surface area contributed by atoms with Crippen molar-refractivity contribution in [1.29, 1.82) is 0 Å². The third kappa shape index (κ3) is 7.90. The van der Waals surface area contributed by atoms with E-state index in [4.69, 9.17) is 18.6 Å². The predicted octanol–water partition coefficient (Wildman–Crippen LogP) is 7.13. The standard InChI is InChI=1S/C38H52O5Si/c1-30-27-32(28-36(40-5)41-6)38(39,29-30)31(24-26-42-33-18-10-7-11-19-33)17-16-25-43-44(37(2,3)4,34-20-12-8-13-21-34)35-22-14-9-15-23-35/h7-15,18-24,30,32,36,39H,16-17,25-29H2,1-6H3/b31-24+/t30-,32+,38-/m1/s1. The molecule has 1 saturated carbocycles. The molecule has 3 aromatic carbocycles. The highest BCUT2D eigenvalue weighted by Crippen LogP contribution is 2.48. The lowest BCUT2D eigenvalue weighted by molar-refractivity contribution is -0.126. The molecule has 0 aliphatic heterocycles. The molecule has 0 bridgehead atoms. The molecule has 1 aliphatic rings. The van der Waals surface area contributed by atoms with Crippen LogP contribution in [-0.4, -0.2) is 52.7 Å². The minimum Gasteiger partial charge on any atom is -0.490 e. The molecule has 3 atom stereocenters. The highest BCUT2D eigenvalue weighted by atomic mass is 28.4. The van der Waals surface area contributed by atoms with Crippen molar-refractivity contribution in [3.8, 4) is 5.75 Å². The van der Waals surface area contributed by atoms with Gasteiger partial charge in [-0.1, -0.05) is 107 Å². The van der Waals surface area contributed by atoms with Gasteiger partial charge >= 0.3 is 0 Å². The molecule has 0 amide bonds. The lowest BCUT2D eigenvalue weighted by Gasteiger charge is -2.43. The molecular formula is C38H52O5Si. The van der Waals surface area contributed by atoms with Crippen LogP contribution in [0.25, 0.3) is 0 Å². The molecule has 3 aromatic rings. The lowest BCUT2D eigenvalue weighted by atomic mass is 9.79. The Morgan fingerprint density at radius 1 is 0.909 bits per heavy atom. The van der Waals surface area contributed by atoms with E-state index in [9.17, 15) is 5.11 Å². The number of para-hydroxylation sites is 1. The summed E-state index contributed by atoms with van der Waals surface area (Å²) >= 11 is 0. The average Bonchev–Trinajstić information content (AvgIpc) is 3.32. The average molecular weight is 617 g/mol. The van der Waals surface area contributed by atoms with Crippen molar-refractivity contribution in [2.75, 3.05) is 27.4 Å². The lowest BCUT2D eigenvalue weighted by Crippen LogP contribution is -2.66. The number of benzene rings is 3. The summed E-state index contributed by atoms with van der Waals surface area (Å²) in [4.78, 5) is 0. The van der Waals surface area contributed by atoms with Gasteiger partial charge in [-0.2, -0.15) is 0 Å². The molecule has 0 radical (unpaired) electrons. The van der Waals surface area contributed by atoms with Crippen molar-refractivity contribution in [3.05, 3.63) is 103 Å². The van der Waals surface area contributed by atoms with Crippen LogP contribution in [-0.2, 0) is 13.9 Å². The Hall–Kier alpha value is -2.74. The van der Waals surface area contributed by atoms with E-state index in [1.807, 2.05) is 30.3 Å². The van der Waals surface area contributed by atoms with E-state index in [0.717, 1.165) is 30.6 Å². The first-order chi connectivity index (χ1) is 21.1. The molecule has 0 spiro atoms. The molecule has 4 rings (SSSR count). The van der Waals surface area contributed by atoms with E-state index >= 15 is 0 Å². The van der Waals surface area contributed by atoms with Gasteiger partial charge in [-0.25, -0.2) is 0 Å². The highest BCUT2D eigenvalue weighted by molar-refractivity contribution is 6.99. The monoisotopic (exact) mass is 616 g/mol. The summed E-state index contributed by atoms with van der Waals surface area (Å²) in [6.45, 7) is 10.1. The van der Waals surface area contributed by atoms with Crippen LogP contribution in [0.4, 0.5) is 0 Å². The Morgan fingerprint density at radius 2 is 1.45 bits per heavy atom. The van der Waals surface area contributed by atoms with E-state index in [2.05, 4.69) is 94.4 Å². The van der Waals surface area contributed by atoms with Crippen molar-refractivity contribution >= 4 is 18.7 Å². The van der Waals surface area contributed by atoms with Crippen LogP contribution in [0.2, 0.25) is 5.04 Å². The van der Waals surface area contributed by atoms with Gasteiger partial charge in [-0.15, -0.1) is 0 Å². The summed E-state index contributed by atoms with van der Waals surface area (Å²) < 4.78 is 24.4. The Balaban J connectivity index is 1.59. The number of ether oxygens (including phenoxy) is 3. The summed E-state index contributed by atoms with van der Waals surface area (Å²) in [6.07, 6.45) is 5.56. The fraction of sp³-hybridized carbons (Fsp3) is 0.474. The molecule has 5 nitrogen and oxygen atoms in total. The number of rotatable bonds is 15. The third-order valence-electron chi connectivity index (χ3n) is 9.23. The summed E-state index contributed by atoms with van der Waals surface area (Å²) in [6, 6.07) is 31.4. The van der Waals surface area contributed by atoms with Crippen LogP contribution in [0, 0.1) is 11.8 Å². The van der Waals surface area contributed by atoms with Gasteiger partial charge in [0.2, 0.25) is 0 Å². The molecule has 44 heavy (non-hydrogen) atoms. The van der Waals surface area contributed by atoms with E-state index in [0.29, 0.717) is 32.0 Å². The van der Waals surface area contributed by atoms with Crippen LogP contribution in [0.1, 0.15) is 59.8 Å². The maximum atomic E-state index is 12.4. The second kappa shape index (κ2) is 15.5. The van der Waals surface area contributed by atoms with Crippen molar-refractivity contribution in [3.63, 3.8) is 0 Å². The molecule has 1 fully saturated rings. The van der Waals surface area contributed by atoms with E-state index in [-0.39, 0.29) is 17.2 Å². The second-order valence-corrected chi connectivity index (χ2v) is 17.6. The normalized spacial score (nSPS) is 21.1. The van der Waals surface area contributed by atoms with Gasteiger partial charge in [0.1, 0.15) is 12.4 Å². The van der Waals surface area contributed by atoms with Crippen molar-refractivity contribution in [2.24, 2.45) is 11.8 Å². The SMILES string of the molecule is COC(C[C@@H]1C[C@@H](C)C[C@@]1(O)/C(=C/COc1ccccc1)CCCO[Si](c1ccccc1)(c1ccccc1)C(C)(C)C)OC. The van der Waals surface area contributed by atoms with Gasteiger partial charge in [0.25, 0.3) is 8.32 Å². The third-order valence-corrected chi connectivity index (χ3v) is 14.3. The van der Waals surface area contributed by atoms with Gasteiger partial charge in [0.05, 0.1) is 5.60 Å². The van der Waals surface area contributed by atoms with Gasteiger partial charge in [0, 0.05) is 27.2 Å². The first kappa shape index (κ1) is 34.1. The quantitative estimate of drug-likeness (QED) is 0.0852. The maximum absolute atomic E-state index is 12.4. The summed E-state index contributed by atoms with van der Waals surface area (Å²) in [5, 5.41) is 14.9. The first-order valence-corrected chi connectivity index (χ1v) is 17.9. The Bertz CT molecular complexity index is 1250. The first-order valence-electron chi connectivity index (χ1n) is 16.0. The van der Waals surface area contributed by atoms with E-state index < -0.39 is 13.9 Å². The molecule has 0 saturated heterocycles. The summed E-state index contributed by atoms with van der Waals surface area (Å²) in [5.41, 5.74) is 0.0754. The molecular weight excluding hydrogens is 564 g/mol. The van der Waals surface area contributed by atoms with E-state index in [1.54, 1.807) is 14.2 Å². The minimum absolute atomic E-state index is 0.0305. The van der Waals surface area contributed by atoms with Crippen molar-refractivity contribution < 1.29 is 23.7 Å². The Labute approximate surface area is 266 Å². The molecule has 1 N–H and O–H groups in total. The van der Waals surface area contributed by atoms with Crippen LogP contribution < -0.4 is 15.1 Å². The predicted molar refractivity (Wildman–Crippen MR) is 182 cm³/mol. The van der Waals surface area contributed by atoms with Gasteiger partial charge in [-0.05, 0) is 76.7 Å². The fourth-order valence-corrected chi connectivity index (χ4v) is 11.8. The zero-order chi connectivity index (χ0) is 31.6. The summed E-state index contributed by atoms with van der Waals surface area (Å²) in [5.74, 6) is 1.24. The van der Waals surface area contributed by atoms with Gasteiger partial charge < -0.3 is 23.7 Å². The maximum Gasteiger partial charge on any atom is 0.261 e. The van der Waals surface area contributed by atoms with Crippen LogP contribution in [0.15, 0.2) is 103 Å². The molecule has 0 heterocycles. The summed E-state index contributed by atoms with van der Waals surface area (Å²) in [7, 11) is 0.693. The minimum atomic E-state index is -2.64. The van der Waals surface area contributed by atoms with Gasteiger partial charge in [0.15, 0.2) is 6.29 Å². The largest absolute Gasteiger partial charge is 0.490 e. The number of hydrogen-bond acceptors (Lipinski definition) is 5. The topological polar surface area (TPSA) is 57.2 Å². The van der Waals surface area contributed by atoms with Crippen molar-refractivity contribution in [1.82, 2.24) is 0 Å². The zero-order valence-electron chi connectivity index (χ0n) is 27.5. The second-order valence-electron chi connectivity index (χ2n) is 13.3. The van der Waals surface area contributed by atoms with Crippen molar-refractivity contribution in [2.45, 2.75) is 76.7 Å². The fourth-order valence-electron chi connectivity index (χ4n) is 7.17. The molecule has 6 heteroatoms. The number of aliphatic hydroxyl groups is 1. The van der Waals surface area contributed by atoms with Crippen LogP contribution >= 0.6 is 0 Å². The molecule has 1 aliphatic carbocycles. The van der Waals surface area contributed by atoms with Crippen LogP contribution in [0.5, 0.6) is 5.75 Å². The number of hydrogen-bond donors (Lipinski definition) is 1. The van der Waals surface area contributed by atoms with E-state index in [1.165, 1.54) is 10.4 Å². The molecule has 238 valence electrons. The highest BCUT2D eigenvalue weighted by Gasteiger charge is 2.50. The van der Waals surface area contributed by atoms with Crippen LogP contribution in [0.3, 0.4) is 0 Å².